The summed E-state index contributed by atoms with van der Waals surface area (Å²) < 4.78 is 26.8. The highest BCUT2D eigenvalue weighted by atomic mass is 19.1. The Balaban J connectivity index is 2.10. The van der Waals surface area contributed by atoms with Crippen molar-refractivity contribution in [3.05, 3.63) is 65.2 Å². The molecule has 2 aromatic rings. The van der Waals surface area contributed by atoms with E-state index in [1.807, 2.05) is 24.3 Å². The SMILES string of the molecule is CC(Nc1ccc(CCO)cc1)c1cc(F)ccc1F. The van der Waals surface area contributed by atoms with Gasteiger partial charge in [-0.3, -0.25) is 0 Å². The first-order valence-electron chi connectivity index (χ1n) is 6.51. The van der Waals surface area contributed by atoms with E-state index < -0.39 is 11.6 Å². The van der Waals surface area contributed by atoms with Crippen LogP contribution in [0.25, 0.3) is 0 Å². The predicted octanol–water partition coefficient (Wildman–Crippen LogP) is 3.67. The van der Waals surface area contributed by atoms with Crippen molar-refractivity contribution in [3.8, 4) is 0 Å². The van der Waals surface area contributed by atoms with Crippen molar-refractivity contribution in [3.63, 3.8) is 0 Å². The standard InChI is InChI=1S/C16H17F2NO/c1-11(15-10-13(17)4-7-16(15)18)19-14-5-2-12(3-6-14)8-9-20/h2-7,10-11,19-20H,8-9H2,1H3. The van der Waals surface area contributed by atoms with Gasteiger partial charge in [0.1, 0.15) is 11.6 Å². The third-order valence-electron chi connectivity index (χ3n) is 3.16. The molecule has 2 rings (SSSR count). The van der Waals surface area contributed by atoms with Gasteiger partial charge in [0.2, 0.25) is 0 Å². The lowest BCUT2D eigenvalue weighted by molar-refractivity contribution is 0.299. The third kappa shape index (κ3) is 3.54. The first-order valence-corrected chi connectivity index (χ1v) is 6.51. The smallest absolute Gasteiger partial charge is 0.128 e. The van der Waals surface area contributed by atoms with Crippen LogP contribution in [0.5, 0.6) is 0 Å². The summed E-state index contributed by atoms with van der Waals surface area (Å²) in [5.74, 6) is -0.878. The molecule has 2 N–H and O–H groups in total. The zero-order valence-electron chi connectivity index (χ0n) is 11.2. The first kappa shape index (κ1) is 14.5. The van der Waals surface area contributed by atoms with Crippen LogP contribution < -0.4 is 5.32 Å². The minimum atomic E-state index is -0.451. The maximum atomic E-state index is 13.7. The van der Waals surface area contributed by atoms with E-state index in [0.29, 0.717) is 12.0 Å². The predicted molar refractivity (Wildman–Crippen MR) is 75.6 cm³/mol. The average molecular weight is 277 g/mol. The number of nitrogens with one attached hydrogen (secondary N) is 1. The summed E-state index contributed by atoms with van der Waals surface area (Å²) >= 11 is 0. The number of hydrogen-bond acceptors (Lipinski definition) is 2. The van der Waals surface area contributed by atoms with Crippen molar-refractivity contribution < 1.29 is 13.9 Å². The van der Waals surface area contributed by atoms with E-state index in [4.69, 9.17) is 5.11 Å². The summed E-state index contributed by atoms with van der Waals surface area (Å²) in [5, 5.41) is 12.0. The van der Waals surface area contributed by atoms with Crippen LogP contribution in [0.3, 0.4) is 0 Å². The molecule has 2 nitrogen and oxygen atoms in total. The van der Waals surface area contributed by atoms with E-state index in [2.05, 4.69) is 5.32 Å². The molecule has 0 bridgehead atoms. The lowest BCUT2D eigenvalue weighted by Crippen LogP contribution is -2.09. The molecule has 0 heterocycles. The number of hydrogen-bond donors (Lipinski definition) is 2. The summed E-state index contributed by atoms with van der Waals surface area (Å²) in [7, 11) is 0. The molecule has 0 aliphatic heterocycles. The zero-order valence-corrected chi connectivity index (χ0v) is 11.2. The van der Waals surface area contributed by atoms with E-state index in [9.17, 15) is 8.78 Å². The zero-order chi connectivity index (χ0) is 14.5. The molecule has 4 heteroatoms. The van der Waals surface area contributed by atoms with Gasteiger partial charge >= 0.3 is 0 Å². The molecule has 0 saturated heterocycles. The van der Waals surface area contributed by atoms with Gasteiger partial charge in [-0.1, -0.05) is 12.1 Å². The number of aliphatic hydroxyl groups excluding tert-OH is 1. The molecule has 106 valence electrons. The molecule has 2 aromatic carbocycles. The lowest BCUT2D eigenvalue weighted by atomic mass is 10.1. The Labute approximate surface area is 117 Å². The van der Waals surface area contributed by atoms with Crippen LogP contribution in [0.4, 0.5) is 14.5 Å². The van der Waals surface area contributed by atoms with Crippen LogP contribution in [0.15, 0.2) is 42.5 Å². The largest absolute Gasteiger partial charge is 0.396 e. The van der Waals surface area contributed by atoms with Crippen molar-refractivity contribution in [1.82, 2.24) is 0 Å². The summed E-state index contributed by atoms with van der Waals surface area (Å²) in [6.45, 7) is 1.89. The Kier molecular flexibility index (Phi) is 4.69. The topological polar surface area (TPSA) is 32.3 Å². The van der Waals surface area contributed by atoms with Crippen molar-refractivity contribution in [2.75, 3.05) is 11.9 Å². The quantitative estimate of drug-likeness (QED) is 0.874. The minimum absolute atomic E-state index is 0.109. The molecule has 0 aliphatic rings. The fourth-order valence-corrected chi connectivity index (χ4v) is 2.07. The van der Waals surface area contributed by atoms with E-state index in [-0.39, 0.29) is 12.6 Å². The fraction of sp³-hybridized carbons (Fsp3) is 0.250. The fourth-order valence-electron chi connectivity index (χ4n) is 2.07. The Hall–Kier alpha value is -1.94. The van der Waals surface area contributed by atoms with E-state index in [1.165, 1.54) is 6.07 Å². The second kappa shape index (κ2) is 6.48. The van der Waals surface area contributed by atoms with Gasteiger partial charge < -0.3 is 10.4 Å². The molecule has 1 unspecified atom stereocenters. The molecule has 0 fully saturated rings. The van der Waals surface area contributed by atoms with Crippen LogP contribution >= 0.6 is 0 Å². The van der Waals surface area contributed by atoms with Crippen LogP contribution in [0, 0.1) is 11.6 Å². The van der Waals surface area contributed by atoms with Crippen molar-refractivity contribution in [2.24, 2.45) is 0 Å². The Morgan fingerprint density at radius 2 is 1.80 bits per heavy atom. The molecule has 0 radical (unpaired) electrons. The Morgan fingerprint density at radius 3 is 2.45 bits per heavy atom. The number of aliphatic hydroxyl groups is 1. The van der Waals surface area contributed by atoms with Crippen molar-refractivity contribution in [1.29, 1.82) is 0 Å². The lowest BCUT2D eigenvalue weighted by Gasteiger charge is -2.16. The normalized spacial score (nSPS) is 12.2. The highest BCUT2D eigenvalue weighted by Crippen LogP contribution is 2.22. The Morgan fingerprint density at radius 1 is 1.10 bits per heavy atom. The van der Waals surface area contributed by atoms with Crippen molar-refractivity contribution in [2.45, 2.75) is 19.4 Å². The molecule has 0 aromatic heterocycles. The number of halogens is 2. The van der Waals surface area contributed by atoms with Crippen LogP contribution in [0.2, 0.25) is 0 Å². The van der Waals surface area contributed by atoms with E-state index in [1.54, 1.807) is 6.92 Å². The van der Waals surface area contributed by atoms with E-state index >= 15 is 0 Å². The maximum absolute atomic E-state index is 13.7. The molecule has 1 atom stereocenters. The molecular weight excluding hydrogens is 260 g/mol. The van der Waals surface area contributed by atoms with Gasteiger partial charge in [-0.2, -0.15) is 0 Å². The maximum Gasteiger partial charge on any atom is 0.128 e. The monoisotopic (exact) mass is 277 g/mol. The highest BCUT2D eigenvalue weighted by Gasteiger charge is 2.11. The second-order valence-corrected chi connectivity index (χ2v) is 4.70. The molecule has 20 heavy (non-hydrogen) atoms. The third-order valence-corrected chi connectivity index (χ3v) is 3.16. The summed E-state index contributed by atoms with van der Waals surface area (Å²) in [4.78, 5) is 0. The van der Waals surface area contributed by atoms with E-state index in [0.717, 1.165) is 23.4 Å². The number of rotatable bonds is 5. The Bertz CT molecular complexity index is 569. The van der Waals surface area contributed by atoms with Crippen LogP contribution in [-0.4, -0.2) is 11.7 Å². The van der Waals surface area contributed by atoms with Crippen molar-refractivity contribution >= 4 is 5.69 Å². The second-order valence-electron chi connectivity index (χ2n) is 4.70. The van der Waals surface area contributed by atoms with Gasteiger partial charge in [0.15, 0.2) is 0 Å². The van der Waals surface area contributed by atoms with Gasteiger partial charge in [0.25, 0.3) is 0 Å². The first-order chi connectivity index (χ1) is 9.60. The summed E-state index contributed by atoms with van der Waals surface area (Å²) in [6.07, 6.45) is 0.606. The van der Waals surface area contributed by atoms with Gasteiger partial charge in [0, 0.05) is 17.9 Å². The van der Waals surface area contributed by atoms with Gasteiger partial charge in [-0.25, -0.2) is 8.78 Å². The van der Waals surface area contributed by atoms with Gasteiger partial charge in [-0.05, 0) is 49.2 Å². The van der Waals surface area contributed by atoms with Crippen LogP contribution in [-0.2, 0) is 6.42 Å². The minimum Gasteiger partial charge on any atom is -0.396 e. The molecule has 0 aliphatic carbocycles. The van der Waals surface area contributed by atoms with Crippen LogP contribution in [0.1, 0.15) is 24.1 Å². The van der Waals surface area contributed by atoms with Gasteiger partial charge in [0.05, 0.1) is 6.04 Å². The summed E-state index contributed by atoms with van der Waals surface area (Å²) in [6, 6.07) is 10.6. The molecular formula is C16H17F2NO. The average Bonchev–Trinajstić information content (AvgIpc) is 2.44. The highest BCUT2D eigenvalue weighted by molar-refractivity contribution is 5.46. The molecule has 0 spiro atoms. The summed E-state index contributed by atoms with van der Waals surface area (Å²) in [5.41, 5.74) is 2.15. The number of benzene rings is 2. The molecule has 0 saturated carbocycles. The number of anilines is 1. The molecule has 0 amide bonds. The van der Waals surface area contributed by atoms with Gasteiger partial charge in [-0.15, -0.1) is 0 Å².